The zero-order valence-corrected chi connectivity index (χ0v) is 20.9. The second-order valence-corrected chi connectivity index (χ2v) is 8.93. The van der Waals surface area contributed by atoms with Gasteiger partial charge in [0.1, 0.15) is 18.8 Å². The van der Waals surface area contributed by atoms with Crippen LogP contribution >= 0.6 is 45.2 Å². The van der Waals surface area contributed by atoms with E-state index >= 15 is 0 Å². The number of nitrogens with two attached hydrogens (primary N) is 2. The molecule has 0 bridgehead atoms. The molecule has 0 spiro atoms. The average Bonchev–Trinajstić information content (AvgIpc) is 2.76. The Balaban J connectivity index is 1.82. The molecule has 0 radical (unpaired) electrons. The van der Waals surface area contributed by atoms with Crippen LogP contribution in [-0.4, -0.2) is 67.5 Å². The Labute approximate surface area is 203 Å². The number of hydrogen-bond donors (Lipinski definition) is 3. The van der Waals surface area contributed by atoms with Crippen LogP contribution in [0.4, 0.5) is 22.4 Å². The molecule has 0 aliphatic carbocycles. The molecule has 1 aliphatic rings. The third kappa shape index (κ3) is 4.43. The summed E-state index contributed by atoms with van der Waals surface area (Å²) in [5.74, 6) is 0.409. The number of piperazine rings is 1. The molecule has 15 heteroatoms. The minimum atomic E-state index is -0.786. The van der Waals surface area contributed by atoms with Crippen molar-refractivity contribution in [3.63, 3.8) is 0 Å². The molecule has 1 amide bonds. The number of nitrogens with zero attached hydrogens (tertiary/aromatic N) is 6. The summed E-state index contributed by atoms with van der Waals surface area (Å²) in [5.41, 5.74) is 10.8. The first-order valence-electron chi connectivity index (χ1n) is 8.95. The van der Waals surface area contributed by atoms with Crippen LogP contribution in [0.25, 0.3) is 0 Å². The van der Waals surface area contributed by atoms with Gasteiger partial charge in [-0.15, -0.1) is 0 Å². The highest BCUT2D eigenvalue weighted by atomic mass is 127. The highest BCUT2D eigenvalue weighted by molar-refractivity contribution is 14.1. The lowest BCUT2D eigenvalue weighted by molar-refractivity contribution is 0.0922. The van der Waals surface area contributed by atoms with E-state index in [1.807, 2.05) is 22.6 Å². The predicted octanol–water partition coefficient (Wildman–Crippen LogP) is -1.07. The molecule has 1 saturated heterocycles. The normalized spacial score (nSPS) is 16.5. The van der Waals surface area contributed by atoms with Crippen molar-refractivity contribution in [2.45, 2.75) is 6.04 Å². The Hall–Kier alpha value is -2.15. The number of carbonyl (C=O) groups is 1. The molecule has 3 rings (SSSR count). The minimum absolute atomic E-state index is 0.0432. The van der Waals surface area contributed by atoms with Gasteiger partial charge in [-0.25, -0.2) is 4.79 Å². The van der Waals surface area contributed by atoms with E-state index in [0.717, 1.165) is 4.57 Å². The van der Waals surface area contributed by atoms with Crippen molar-refractivity contribution in [1.82, 2.24) is 24.0 Å². The molecule has 1 fully saturated rings. The van der Waals surface area contributed by atoms with Crippen LogP contribution in [0.3, 0.4) is 0 Å². The first kappa shape index (κ1) is 23.5. The van der Waals surface area contributed by atoms with Crippen molar-refractivity contribution in [3.05, 3.63) is 27.8 Å². The number of anilines is 3. The fourth-order valence-electron chi connectivity index (χ4n) is 3.09. The number of ether oxygens (including phenoxy) is 1. The summed E-state index contributed by atoms with van der Waals surface area (Å²) in [6.07, 6.45) is -0.786. The third-order valence-electron chi connectivity index (χ3n) is 4.85. The number of nitrogen functional groups attached to an aromatic ring is 2. The molecule has 2 aromatic rings. The quantitative estimate of drug-likeness (QED) is 0.345. The number of carbonyl (C=O) groups excluding carboxylic acids is 1. The zero-order chi connectivity index (χ0) is 23.0. The second-order valence-electron chi connectivity index (χ2n) is 6.78. The Morgan fingerprint density at radius 2 is 1.68 bits per heavy atom. The molecule has 3 heterocycles. The van der Waals surface area contributed by atoms with Gasteiger partial charge in [0.15, 0.2) is 0 Å². The van der Waals surface area contributed by atoms with Gasteiger partial charge in [0.05, 0.1) is 12.6 Å². The van der Waals surface area contributed by atoms with Gasteiger partial charge in [0.2, 0.25) is 5.95 Å². The maximum absolute atomic E-state index is 12.7. The lowest BCUT2D eigenvalue weighted by Gasteiger charge is -2.40. The number of hydrogen-bond acceptors (Lipinski definition) is 10. The summed E-state index contributed by atoms with van der Waals surface area (Å²) in [7, 11) is 2.99. The largest absolute Gasteiger partial charge is 0.418 e. The number of aromatic nitrogens is 4. The van der Waals surface area contributed by atoms with Crippen LogP contribution in [0.15, 0.2) is 9.59 Å². The van der Waals surface area contributed by atoms with Gasteiger partial charge in [-0.05, 0) is 45.2 Å². The summed E-state index contributed by atoms with van der Waals surface area (Å²) in [6, 6.07) is -0.904. The molecule has 13 nitrogen and oxygen atoms in total. The first-order chi connectivity index (χ1) is 14.6. The minimum Gasteiger partial charge on any atom is -0.394 e. The van der Waals surface area contributed by atoms with Gasteiger partial charge in [-0.2, -0.15) is 9.97 Å². The van der Waals surface area contributed by atoms with E-state index in [0.29, 0.717) is 16.1 Å². The van der Waals surface area contributed by atoms with Crippen molar-refractivity contribution >= 4 is 68.9 Å². The van der Waals surface area contributed by atoms with Crippen LogP contribution < -0.4 is 32.2 Å². The van der Waals surface area contributed by atoms with Gasteiger partial charge in [-0.3, -0.25) is 23.6 Å². The van der Waals surface area contributed by atoms with Gasteiger partial charge < -0.3 is 26.2 Å². The zero-order valence-electron chi connectivity index (χ0n) is 16.6. The van der Waals surface area contributed by atoms with E-state index in [9.17, 15) is 19.5 Å². The van der Waals surface area contributed by atoms with E-state index in [1.54, 1.807) is 34.5 Å². The van der Waals surface area contributed by atoms with E-state index < -0.39 is 17.7 Å². The van der Waals surface area contributed by atoms with E-state index in [2.05, 4.69) is 9.97 Å². The molecule has 5 N–H and O–H groups in total. The summed E-state index contributed by atoms with van der Waals surface area (Å²) in [4.78, 5) is 48.5. The van der Waals surface area contributed by atoms with Crippen LogP contribution in [0.5, 0.6) is 6.01 Å². The number of rotatable bonds is 3. The average molecular weight is 658 g/mol. The molecule has 0 saturated carbocycles. The van der Waals surface area contributed by atoms with E-state index in [4.69, 9.17) is 16.2 Å². The lowest BCUT2D eigenvalue weighted by atomic mass is 10.2. The Bertz CT molecular complexity index is 1150. The van der Waals surface area contributed by atoms with Crippen molar-refractivity contribution < 1.29 is 14.6 Å². The summed E-state index contributed by atoms with van der Waals surface area (Å²) in [5, 5.41) is 9.86. The number of aliphatic hydroxyl groups excluding tert-OH is 1. The summed E-state index contributed by atoms with van der Waals surface area (Å²) >= 11 is 3.60. The highest BCUT2D eigenvalue weighted by Crippen LogP contribution is 2.20. The van der Waals surface area contributed by atoms with Gasteiger partial charge in [0, 0.05) is 33.7 Å². The smallest absolute Gasteiger partial charge is 0.394 e. The predicted molar refractivity (Wildman–Crippen MR) is 129 cm³/mol. The number of halogens is 2. The van der Waals surface area contributed by atoms with Gasteiger partial charge in [-0.1, -0.05) is 0 Å². The monoisotopic (exact) mass is 658 g/mol. The standard InChI is InChI=1S/C16H20I2N8O5/c1-23-12(28)8(17)10(19)21-14(23)25-3-4-26(7(5-25)6-27)16(30)31-15-22-11(20)9(18)13(29)24(15)2/h7,27H,3-6,19-20H2,1-2H3/t7-/m1/s1. The Morgan fingerprint density at radius 3 is 2.29 bits per heavy atom. The Kier molecular flexibility index (Phi) is 6.94. The van der Waals surface area contributed by atoms with E-state index in [-0.39, 0.29) is 46.5 Å². The van der Waals surface area contributed by atoms with Crippen molar-refractivity contribution in [2.75, 3.05) is 42.6 Å². The third-order valence-corrected chi connectivity index (χ3v) is 6.88. The van der Waals surface area contributed by atoms with Crippen molar-refractivity contribution in [2.24, 2.45) is 14.1 Å². The molecule has 1 atom stereocenters. The fraction of sp³-hybridized carbons (Fsp3) is 0.438. The molecule has 31 heavy (non-hydrogen) atoms. The molecule has 168 valence electrons. The first-order valence-corrected chi connectivity index (χ1v) is 11.1. The molecule has 1 aliphatic heterocycles. The van der Waals surface area contributed by atoms with Crippen LogP contribution in [0.2, 0.25) is 0 Å². The van der Waals surface area contributed by atoms with Crippen LogP contribution in [0.1, 0.15) is 0 Å². The van der Waals surface area contributed by atoms with Crippen molar-refractivity contribution in [1.29, 1.82) is 0 Å². The summed E-state index contributed by atoms with van der Waals surface area (Å²) in [6.45, 7) is 0.306. The van der Waals surface area contributed by atoms with E-state index in [1.165, 1.54) is 16.5 Å². The molecular formula is C16H20I2N8O5. The highest BCUT2D eigenvalue weighted by Gasteiger charge is 2.33. The van der Waals surface area contributed by atoms with Crippen LogP contribution in [-0.2, 0) is 14.1 Å². The topological polar surface area (TPSA) is 175 Å². The molecule has 0 aromatic carbocycles. The second kappa shape index (κ2) is 9.15. The lowest BCUT2D eigenvalue weighted by Crippen LogP contribution is -2.58. The molecule has 0 unspecified atom stereocenters. The number of amides is 1. The maximum Gasteiger partial charge on any atom is 0.418 e. The SMILES string of the molecule is Cn1c(OC(=O)N2CCN(c3nc(N)c(I)c(=O)n3C)C[C@@H]2CO)nc(N)c(I)c1=O. The number of aliphatic hydroxyl groups is 1. The molecular weight excluding hydrogens is 638 g/mol. The van der Waals surface area contributed by atoms with Crippen molar-refractivity contribution in [3.8, 4) is 6.01 Å². The van der Waals surface area contributed by atoms with Crippen LogP contribution in [0, 0.1) is 7.14 Å². The Morgan fingerprint density at radius 1 is 1.10 bits per heavy atom. The van der Waals surface area contributed by atoms with Gasteiger partial charge in [0.25, 0.3) is 11.1 Å². The molecule has 2 aromatic heterocycles. The summed E-state index contributed by atoms with van der Waals surface area (Å²) < 4.78 is 8.27. The maximum atomic E-state index is 12.7. The van der Waals surface area contributed by atoms with Gasteiger partial charge >= 0.3 is 12.1 Å². The fourth-order valence-corrected chi connectivity index (χ4v) is 4.06.